The number of hydrogen-bond donors (Lipinski definition) is 1. The largest absolute Gasteiger partial charge is 0.494 e. The highest BCUT2D eigenvalue weighted by molar-refractivity contribution is 7.92. The molecule has 1 atom stereocenters. The summed E-state index contributed by atoms with van der Waals surface area (Å²) in [5.41, 5.74) is 0.949. The molecule has 0 aliphatic heterocycles. The quantitative estimate of drug-likeness (QED) is 0.698. The molecule has 0 aromatic heterocycles. The molecule has 0 aliphatic rings. The maximum absolute atomic E-state index is 13.4. The first-order valence-corrected chi connectivity index (χ1v) is 10.8. The zero-order chi connectivity index (χ0) is 20.9. The third-order valence-corrected chi connectivity index (χ3v) is 5.38. The molecule has 0 spiro atoms. The summed E-state index contributed by atoms with van der Waals surface area (Å²) in [4.78, 5) is 12.4. The minimum absolute atomic E-state index is 0.109. The molecule has 0 fully saturated rings. The van der Waals surface area contributed by atoms with Gasteiger partial charge in [0.05, 0.1) is 29.6 Å². The normalized spacial score (nSPS) is 12.3. The Morgan fingerprint density at radius 3 is 2.43 bits per heavy atom. The first-order chi connectivity index (χ1) is 13.1. The number of benzene rings is 2. The van der Waals surface area contributed by atoms with Gasteiger partial charge in [-0.1, -0.05) is 23.7 Å². The fraction of sp³-hybridized carbons (Fsp3) is 0.316. The van der Waals surface area contributed by atoms with Crippen molar-refractivity contribution in [1.29, 1.82) is 0 Å². The first-order valence-electron chi connectivity index (χ1n) is 8.56. The zero-order valence-electron chi connectivity index (χ0n) is 15.8. The SMILES string of the molecule is CCOc1ccc([C@@H](C)NC(=O)CN(c2ccc(F)c(Cl)c2)S(C)(=O)=O)cc1. The minimum Gasteiger partial charge on any atom is -0.494 e. The second-order valence-corrected chi connectivity index (χ2v) is 8.47. The summed E-state index contributed by atoms with van der Waals surface area (Å²) < 4.78 is 43.9. The van der Waals surface area contributed by atoms with Crippen molar-refractivity contribution in [2.75, 3.05) is 23.7 Å². The molecule has 0 unspecified atom stereocenters. The summed E-state index contributed by atoms with van der Waals surface area (Å²) in [6, 6.07) is 10.4. The Kier molecular flexibility index (Phi) is 7.26. The molecule has 152 valence electrons. The number of ether oxygens (including phenoxy) is 1. The summed E-state index contributed by atoms with van der Waals surface area (Å²) in [6.45, 7) is 3.77. The first kappa shape index (κ1) is 22.0. The van der Waals surface area contributed by atoms with E-state index in [1.54, 1.807) is 19.1 Å². The van der Waals surface area contributed by atoms with Gasteiger partial charge >= 0.3 is 0 Å². The van der Waals surface area contributed by atoms with Crippen molar-refractivity contribution in [2.45, 2.75) is 19.9 Å². The van der Waals surface area contributed by atoms with Crippen LogP contribution in [-0.4, -0.2) is 33.7 Å². The van der Waals surface area contributed by atoms with Crippen molar-refractivity contribution in [3.8, 4) is 5.75 Å². The van der Waals surface area contributed by atoms with Gasteiger partial charge < -0.3 is 10.1 Å². The van der Waals surface area contributed by atoms with Gasteiger partial charge in [0.25, 0.3) is 0 Å². The molecule has 2 aromatic carbocycles. The molecule has 9 heteroatoms. The molecule has 6 nitrogen and oxygen atoms in total. The maximum atomic E-state index is 13.4. The molecule has 2 rings (SSSR count). The Morgan fingerprint density at radius 2 is 1.89 bits per heavy atom. The van der Waals surface area contributed by atoms with Crippen LogP contribution in [0.3, 0.4) is 0 Å². The lowest BCUT2D eigenvalue weighted by atomic mass is 10.1. The third kappa shape index (κ3) is 5.84. The Morgan fingerprint density at radius 1 is 1.25 bits per heavy atom. The van der Waals surface area contributed by atoms with Crippen molar-refractivity contribution >= 4 is 33.2 Å². The summed E-state index contributed by atoms with van der Waals surface area (Å²) in [7, 11) is -3.78. The molecule has 0 bridgehead atoms. The Hall–Kier alpha value is -2.32. The van der Waals surface area contributed by atoms with Gasteiger partial charge in [-0.05, 0) is 49.7 Å². The second-order valence-electron chi connectivity index (χ2n) is 6.16. The van der Waals surface area contributed by atoms with Gasteiger partial charge in [-0.2, -0.15) is 0 Å². The van der Waals surface area contributed by atoms with E-state index in [2.05, 4.69) is 5.32 Å². The Balaban J connectivity index is 2.12. The van der Waals surface area contributed by atoms with Crippen LogP contribution in [0.25, 0.3) is 0 Å². The highest BCUT2D eigenvalue weighted by atomic mass is 35.5. The lowest BCUT2D eigenvalue weighted by Crippen LogP contribution is -2.41. The molecule has 2 aromatic rings. The molecule has 0 radical (unpaired) electrons. The fourth-order valence-electron chi connectivity index (χ4n) is 2.56. The van der Waals surface area contributed by atoms with E-state index in [4.69, 9.17) is 16.3 Å². The summed E-state index contributed by atoms with van der Waals surface area (Å²) in [5.74, 6) is -0.457. The molecule has 0 saturated heterocycles. The number of halogens is 2. The van der Waals surface area contributed by atoms with Crippen molar-refractivity contribution in [3.05, 3.63) is 58.9 Å². The van der Waals surface area contributed by atoms with Gasteiger partial charge in [0.15, 0.2) is 0 Å². The lowest BCUT2D eigenvalue weighted by molar-refractivity contribution is -0.120. The van der Waals surface area contributed by atoms with Crippen LogP contribution < -0.4 is 14.4 Å². The van der Waals surface area contributed by atoms with Gasteiger partial charge in [0, 0.05) is 0 Å². The topological polar surface area (TPSA) is 75.7 Å². The molecule has 1 amide bonds. The van der Waals surface area contributed by atoms with Crippen molar-refractivity contribution < 1.29 is 22.3 Å². The van der Waals surface area contributed by atoms with Crippen LogP contribution in [-0.2, 0) is 14.8 Å². The monoisotopic (exact) mass is 428 g/mol. The predicted molar refractivity (Wildman–Crippen MR) is 108 cm³/mol. The van der Waals surface area contributed by atoms with E-state index in [0.29, 0.717) is 6.61 Å². The highest BCUT2D eigenvalue weighted by Crippen LogP contribution is 2.24. The fourth-order valence-corrected chi connectivity index (χ4v) is 3.58. The summed E-state index contributed by atoms with van der Waals surface area (Å²) in [5, 5.41) is 2.53. The Bertz CT molecular complexity index is 935. The van der Waals surface area contributed by atoms with Crippen LogP contribution in [0.1, 0.15) is 25.5 Å². The van der Waals surface area contributed by atoms with Crippen LogP contribution in [0.15, 0.2) is 42.5 Å². The van der Waals surface area contributed by atoms with E-state index < -0.39 is 28.3 Å². The van der Waals surface area contributed by atoms with Crippen LogP contribution in [0, 0.1) is 5.82 Å². The van der Waals surface area contributed by atoms with E-state index in [0.717, 1.165) is 27.9 Å². The van der Waals surface area contributed by atoms with E-state index in [-0.39, 0.29) is 16.8 Å². The lowest BCUT2D eigenvalue weighted by Gasteiger charge is -2.23. The molecule has 28 heavy (non-hydrogen) atoms. The summed E-state index contributed by atoms with van der Waals surface area (Å²) >= 11 is 5.74. The van der Waals surface area contributed by atoms with Gasteiger partial charge in [-0.15, -0.1) is 0 Å². The molecule has 0 aliphatic carbocycles. The molecular formula is C19H22ClFN2O4S. The number of rotatable bonds is 8. The van der Waals surface area contributed by atoms with Gasteiger partial charge in [-0.25, -0.2) is 12.8 Å². The number of carbonyl (C=O) groups is 1. The second kappa shape index (κ2) is 9.25. The summed E-state index contributed by atoms with van der Waals surface area (Å²) in [6.07, 6.45) is 0.966. The smallest absolute Gasteiger partial charge is 0.241 e. The zero-order valence-corrected chi connectivity index (χ0v) is 17.3. The number of anilines is 1. The van der Waals surface area contributed by atoms with E-state index in [9.17, 15) is 17.6 Å². The standard InChI is InChI=1S/C19H22ClFN2O4S/c1-4-27-16-8-5-14(6-9-16)13(2)22-19(24)12-23(28(3,25)26)15-7-10-18(21)17(20)11-15/h5-11,13H,4,12H2,1-3H3,(H,22,24)/t13-/m1/s1. The number of carbonyl (C=O) groups excluding carboxylic acids is 1. The molecular weight excluding hydrogens is 407 g/mol. The average molecular weight is 429 g/mol. The Labute approximate surface area is 169 Å². The van der Waals surface area contributed by atoms with Gasteiger partial charge in [-0.3, -0.25) is 9.10 Å². The average Bonchev–Trinajstić information content (AvgIpc) is 2.62. The van der Waals surface area contributed by atoms with Crippen molar-refractivity contribution in [1.82, 2.24) is 5.32 Å². The maximum Gasteiger partial charge on any atom is 0.241 e. The molecule has 0 heterocycles. The number of sulfonamides is 1. The van der Waals surface area contributed by atoms with Crippen molar-refractivity contribution in [2.24, 2.45) is 0 Å². The van der Waals surface area contributed by atoms with E-state index in [1.165, 1.54) is 12.1 Å². The van der Waals surface area contributed by atoms with Gasteiger partial charge in [0.1, 0.15) is 18.1 Å². The van der Waals surface area contributed by atoms with Crippen LogP contribution in [0.4, 0.5) is 10.1 Å². The minimum atomic E-state index is -3.78. The highest BCUT2D eigenvalue weighted by Gasteiger charge is 2.22. The van der Waals surface area contributed by atoms with Crippen LogP contribution in [0.2, 0.25) is 5.02 Å². The van der Waals surface area contributed by atoms with E-state index >= 15 is 0 Å². The predicted octanol–water partition coefficient (Wildman–Crippen LogP) is 3.52. The van der Waals surface area contributed by atoms with Gasteiger partial charge in [0.2, 0.25) is 15.9 Å². The van der Waals surface area contributed by atoms with E-state index in [1.807, 2.05) is 19.1 Å². The van der Waals surface area contributed by atoms with Crippen molar-refractivity contribution in [3.63, 3.8) is 0 Å². The van der Waals surface area contributed by atoms with Crippen LogP contribution in [0.5, 0.6) is 5.75 Å². The number of amides is 1. The number of nitrogens with zero attached hydrogens (tertiary/aromatic N) is 1. The number of hydrogen-bond acceptors (Lipinski definition) is 4. The molecule has 0 saturated carbocycles. The molecule has 1 N–H and O–H groups in total. The number of nitrogens with one attached hydrogen (secondary N) is 1. The third-order valence-electron chi connectivity index (χ3n) is 3.95. The van der Waals surface area contributed by atoms with Crippen LogP contribution >= 0.6 is 11.6 Å².